The highest BCUT2D eigenvalue weighted by Gasteiger charge is 2.41. The number of carboxylic acids is 1. The Bertz CT molecular complexity index is 435. The van der Waals surface area contributed by atoms with Crippen LogP contribution in [-0.2, 0) is 14.3 Å². The van der Waals surface area contributed by atoms with Gasteiger partial charge in [0.25, 0.3) is 0 Å². The zero-order chi connectivity index (χ0) is 17.2. The number of halogens is 2. The summed E-state index contributed by atoms with van der Waals surface area (Å²) in [7, 11) is 1.78. The molecule has 1 unspecified atom stereocenters. The van der Waals surface area contributed by atoms with Crippen molar-refractivity contribution in [3.8, 4) is 0 Å². The Hall–Kier alpha value is -0.110. The molecule has 0 radical (unpaired) electrons. The Labute approximate surface area is 169 Å². The highest BCUT2D eigenvalue weighted by molar-refractivity contribution is 5.85. The van der Waals surface area contributed by atoms with E-state index in [1.54, 1.807) is 7.11 Å². The van der Waals surface area contributed by atoms with Gasteiger partial charge < -0.3 is 14.6 Å². The second-order valence-electron chi connectivity index (χ2n) is 7.97. The molecule has 0 amide bonds. The smallest absolute Gasteiger partial charge is 0.306 e. The number of aliphatic carboxylic acids is 1. The van der Waals surface area contributed by atoms with Crippen molar-refractivity contribution < 1.29 is 19.4 Å². The summed E-state index contributed by atoms with van der Waals surface area (Å²) in [6.45, 7) is 7.24. The summed E-state index contributed by atoms with van der Waals surface area (Å²) in [4.78, 5) is 16.0. The summed E-state index contributed by atoms with van der Waals surface area (Å²) in [6, 6.07) is 0. The fourth-order valence-corrected chi connectivity index (χ4v) is 4.32. The monoisotopic (exact) mass is 412 g/mol. The summed E-state index contributed by atoms with van der Waals surface area (Å²) in [5.74, 6) is -0.822. The highest BCUT2D eigenvalue weighted by Crippen LogP contribution is 2.30. The van der Waals surface area contributed by atoms with E-state index >= 15 is 0 Å². The summed E-state index contributed by atoms with van der Waals surface area (Å²) in [5, 5.41) is 9.14. The summed E-state index contributed by atoms with van der Waals surface area (Å²) >= 11 is 0. The van der Waals surface area contributed by atoms with Crippen molar-refractivity contribution in [2.45, 2.75) is 63.4 Å². The number of carbonyl (C=O) groups is 1. The van der Waals surface area contributed by atoms with Crippen LogP contribution in [0.4, 0.5) is 0 Å². The number of methoxy groups -OCH3 is 1. The van der Waals surface area contributed by atoms with Crippen LogP contribution in [0.5, 0.6) is 0 Å². The molecule has 2 aliphatic heterocycles. The molecule has 1 saturated carbocycles. The van der Waals surface area contributed by atoms with Crippen molar-refractivity contribution in [1.29, 1.82) is 0 Å². The number of hydrogen-bond acceptors (Lipinski definition) is 5. The van der Waals surface area contributed by atoms with Gasteiger partial charge in [0, 0.05) is 39.8 Å². The van der Waals surface area contributed by atoms with E-state index in [1.165, 1.54) is 12.8 Å². The van der Waals surface area contributed by atoms with E-state index in [0.717, 1.165) is 58.4 Å². The number of ether oxygens (including phenoxy) is 2. The van der Waals surface area contributed by atoms with Crippen LogP contribution >= 0.6 is 24.8 Å². The molecule has 0 bridgehead atoms. The van der Waals surface area contributed by atoms with Crippen LogP contribution < -0.4 is 0 Å². The van der Waals surface area contributed by atoms with E-state index in [9.17, 15) is 4.79 Å². The second kappa shape index (κ2) is 10.4. The first-order valence-electron chi connectivity index (χ1n) is 9.39. The van der Waals surface area contributed by atoms with Crippen LogP contribution in [0.1, 0.15) is 45.4 Å². The molecular formula is C18H34Cl2N2O4. The molecular weight excluding hydrogens is 379 g/mol. The Morgan fingerprint density at radius 1 is 1.15 bits per heavy atom. The largest absolute Gasteiger partial charge is 0.481 e. The minimum Gasteiger partial charge on any atom is -0.481 e. The lowest BCUT2D eigenvalue weighted by atomic mass is 9.87. The van der Waals surface area contributed by atoms with Crippen molar-refractivity contribution in [3.05, 3.63) is 0 Å². The maximum Gasteiger partial charge on any atom is 0.306 e. The summed E-state index contributed by atoms with van der Waals surface area (Å²) in [6.07, 6.45) is 6.09. The first-order valence-corrected chi connectivity index (χ1v) is 9.39. The van der Waals surface area contributed by atoms with Crippen molar-refractivity contribution >= 4 is 30.8 Å². The fourth-order valence-electron chi connectivity index (χ4n) is 4.32. The Balaban J connectivity index is 0.00000169. The van der Waals surface area contributed by atoms with Gasteiger partial charge in [-0.25, -0.2) is 0 Å². The normalized spacial score (nSPS) is 29.9. The number of nitrogens with zero attached hydrogens (tertiary/aromatic N) is 2. The van der Waals surface area contributed by atoms with Crippen LogP contribution in [0.15, 0.2) is 0 Å². The number of hydrogen-bond donors (Lipinski definition) is 1. The van der Waals surface area contributed by atoms with Crippen molar-refractivity contribution in [2.24, 2.45) is 5.92 Å². The third-order valence-corrected chi connectivity index (χ3v) is 5.94. The lowest BCUT2D eigenvalue weighted by molar-refractivity contribution is -0.162. The molecule has 1 aliphatic carbocycles. The minimum absolute atomic E-state index is 0. The maximum absolute atomic E-state index is 11.1. The molecule has 3 fully saturated rings. The standard InChI is InChI=1S/C18H32N2O4.2ClH/c1-18(23-2)12-19(13-18)11-16(20-9-3-4-10-20)24-15-7-5-14(6-8-15)17(21)22;;/h14-16H,3-13H2,1-2H3,(H,21,22);2*1H. The van der Waals surface area contributed by atoms with Gasteiger partial charge in [0.1, 0.15) is 6.23 Å². The molecule has 1 N–H and O–H groups in total. The van der Waals surface area contributed by atoms with Gasteiger partial charge in [0.2, 0.25) is 0 Å². The first-order chi connectivity index (χ1) is 11.5. The van der Waals surface area contributed by atoms with E-state index < -0.39 is 5.97 Å². The molecule has 2 heterocycles. The molecule has 0 aromatic rings. The van der Waals surface area contributed by atoms with Gasteiger partial charge in [-0.05, 0) is 45.4 Å². The van der Waals surface area contributed by atoms with Gasteiger partial charge in [-0.2, -0.15) is 0 Å². The van der Waals surface area contributed by atoms with Crippen LogP contribution in [0, 0.1) is 5.92 Å². The van der Waals surface area contributed by atoms with Crippen LogP contribution in [0.25, 0.3) is 0 Å². The molecule has 3 aliphatic rings. The average molecular weight is 413 g/mol. The first kappa shape index (κ1) is 23.9. The quantitative estimate of drug-likeness (QED) is 0.693. The Morgan fingerprint density at radius 2 is 1.73 bits per heavy atom. The number of carboxylic acid groups (broad SMARTS) is 1. The van der Waals surface area contributed by atoms with Crippen LogP contribution in [0.2, 0.25) is 0 Å². The van der Waals surface area contributed by atoms with Crippen molar-refractivity contribution in [2.75, 3.05) is 39.8 Å². The van der Waals surface area contributed by atoms with Gasteiger partial charge in [-0.15, -0.1) is 24.8 Å². The molecule has 3 rings (SSSR count). The average Bonchev–Trinajstić information content (AvgIpc) is 3.07. The molecule has 0 spiro atoms. The van der Waals surface area contributed by atoms with Gasteiger partial charge in [0.15, 0.2) is 0 Å². The second-order valence-corrected chi connectivity index (χ2v) is 7.97. The van der Waals surface area contributed by atoms with E-state index in [4.69, 9.17) is 14.6 Å². The van der Waals surface area contributed by atoms with Gasteiger partial charge >= 0.3 is 5.97 Å². The van der Waals surface area contributed by atoms with E-state index in [0.29, 0.717) is 0 Å². The number of rotatable bonds is 7. The van der Waals surface area contributed by atoms with Crippen LogP contribution in [0.3, 0.4) is 0 Å². The van der Waals surface area contributed by atoms with Gasteiger partial charge in [-0.1, -0.05) is 0 Å². The van der Waals surface area contributed by atoms with E-state index in [-0.39, 0.29) is 48.7 Å². The highest BCUT2D eigenvalue weighted by atomic mass is 35.5. The van der Waals surface area contributed by atoms with Crippen LogP contribution in [-0.4, -0.2) is 78.6 Å². The topological polar surface area (TPSA) is 62.2 Å². The third kappa shape index (κ3) is 5.94. The molecule has 6 nitrogen and oxygen atoms in total. The molecule has 2 saturated heterocycles. The summed E-state index contributed by atoms with van der Waals surface area (Å²) in [5.41, 5.74) is -0.00485. The number of likely N-dealkylation sites (tertiary alicyclic amines) is 2. The maximum atomic E-state index is 11.1. The van der Waals surface area contributed by atoms with E-state index in [1.807, 2.05) is 0 Å². The Morgan fingerprint density at radius 3 is 2.23 bits per heavy atom. The molecule has 1 atom stereocenters. The zero-order valence-electron chi connectivity index (χ0n) is 15.9. The molecule has 154 valence electrons. The van der Waals surface area contributed by atoms with Gasteiger partial charge in [-0.3, -0.25) is 14.6 Å². The minimum atomic E-state index is -0.649. The SMILES string of the molecule is COC1(C)CN(CC(OC2CCC(C(=O)O)CC2)N2CCCC2)C1.Cl.Cl. The fraction of sp³-hybridized carbons (Fsp3) is 0.944. The molecule has 8 heteroatoms. The Kier molecular flexibility index (Phi) is 9.61. The lowest BCUT2D eigenvalue weighted by Gasteiger charge is -2.49. The third-order valence-electron chi connectivity index (χ3n) is 5.94. The van der Waals surface area contributed by atoms with Crippen molar-refractivity contribution in [1.82, 2.24) is 9.80 Å². The zero-order valence-corrected chi connectivity index (χ0v) is 17.5. The lowest BCUT2D eigenvalue weighted by Crippen LogP contribution is -2.63. The van der Waals surface area contributed by atoms with E-state index in [2.05, 4.69) is 16.7 Å². The predicted molar refractivity (Wildman–Crippen MR) is 105 cm³/mol. The van der Waals surface area contributed by atoms with Gasteiger partial charge in [0.05, 0.1) is 17.6 Å². The summed E-state index contributed by atoms with van der Waals surface area (Å²) < 4.78 is 12.0. The molecule has 0 aromatic carbocycles. The van der Waals surface area contributed by atoms with Crippen molar-refractivity contribution in [3.63, 3.8) is 0 Å². The molecule has 26 heavy (non-hydrogen) atoms. The predicted octanol–water partition coefficient (Wildman–Crippen LogP) is 2.63. The molecule has 0 aromatic heterocycles.